The molecule has 0 bridgehead atoms. The summed E-state index contributed by atoms with van der Waals surface area (Å²) in [6.07, 6.45) is 0. The van der Waals surface area contributed by atoms with E-state index in [1.54, 1.807) is 0 Å². The van der Waals surface area contributed by atoms with Gasteiger partial charge in [-0.1, -0.05) is 72.8 Å². The number of piperazine rings is 1. The van der Waals surface area contributed by atoms with Crippen molar-refractivity contribution in [3.8, 4) is 11.3 Å². The number of anilines is 1. The summed E-state index contributed by atoms with van der Waals surface area (Å²) in [4.78, 5) is 17.4. The molecule has 1 saturated heterocycles. The maximum atomic E-state index is 13.2. The molecule has 1 aliphatic rings. The van der Waals surface area contributed by atoms with Gasteiger partial charge in [0.2, 0.25) is 0 Å². The van der Waals surface area contributed by atoms with Crippen LogP contribution in [0.2, 0.25) is 0 Å². The second-order valence-corrected chi connectivity index (χ2v) is 8.84. The van der Waals surface area contributed by atoms with E-state index in [1.807, 2.05) is 65.6 Å². The zero-order valence-corrected chi connectivity index (χ0v) is 18.4. The van der Waals surface area contributed by atoms with E-state index in [-0.39, 0.29) is 11.4 Å². The number of carbonyl (C=O) groups excluding carboxylic acids is 1. The average molecular weight is 423 g/mol. The molecule has 5 nitrogen and oxygen atoms in total. The van der Waals surface area contributed by atoms with Crippen molar-refractivity contribution in [2.45, 2.75) is 19.4 Å². The molecule has 0 N–H and O–H groups in total. The fourth-order valence-electron chi connectivity index (χ4n) is 4.58. The van der Waals surface area contributed by atoms with Crippen LogP contribution in [0.5, 0.6) is 0 Å². The van der Waals surface area contributed by atoms with E-state index in [9.17, 15) is 4.79 Å². The van der Waals surface area contributed by atoms with Gasteiger partial charge >= 0.3 is 0 Å². The summed E-state index contributed by atoms with van der Waals surface area (Å²) in [5.74, 6) is 0.950. The molecule has 0 spiro atoms. The van der Waals surface area contributed by atoms with Gasteiger partial charge in [-0.2, -0.15) is 0 Å². The van der Waals surface area contributed by atoms with Crippen molar-refractivity contribution in [1.82, 2.24) is 15.1 Å². The van der Waals surface area contributed by atoms with Gasteiger partial charge in [0, 0.05) is 41.5 Å². The predicted molar refractivity (Wildman–Crippen MR) is 129 cm³/mol. The number of amides is 1. The maximum absolute atomic E-state index is 13.2. The van der Waals surface area contributed by atoms with Crippen molar-refractivity contribution < 1.29 is 4.79 Å². The largest absolute Gasteiger partial charge is 0.351 e. The van der Waals surface area contributed by atoms with Crippen LogP contribution in [0.1, 0.15) is 24.2 Å². The van der Waals surface area contributed by atoms with Crippen molar-refractivity contribution in [2.24, 2.45) is 0 Å². The van der Waals surface area contributed by atoms with Gasteiger partial charge in [-0.05, 0) is 26.0 Å². The Labute approximate surface area is 188 Å². The van der Waals surface area contributed by atoms with E-state index in [1.165, 1.54) is 0 Å². The third-order valence-corrected chi connectivity index (χ3v) is 6.18. The summed E-state index contributed by atoms with van der Waals surface area (Å²) in [5.41, 5.74) is 2.33. The Morgan fingerprint density at radius 2 is 1.41 bits per heavy atom. The third kappa shape index (κ3) is 3.60. The molecule has 0 aliphatic carbocycles. The van der Waals surface area contributed by atoms with Gasteiger partial charge in [-0.15, -0.1) is 10.2 Å². The number of fused-ring (bicyclic) bond motifs is 1. The first kappa shape index (κ1) is 20.2. The topological polar surface area (TPSA) is 49.3 Å². The number of rotatable bonds is 3. The van der Waals surface area contributed by atoms with Crippen molar-refractivity contribution in [1.29, 1.82) is 0 Å². The van der Waals surface area contributed by atoms with Gasteiger partial charge in [-0.3, -0.25) is 4.79 Å². The molecule has 0 atom stereocenters. The highest BCUT2D eigenvalue weighted by Gasteiger charge is 2.38. The van der Waals surface area contributed by atoms with Gasteiger partial charge in [0.05, 0.1) is 5.54 Å². The number of benzene rings is 3. The fraction of sp³-hybridized carbons (Fsp3) is 0.222. The van der Waals surface area contributed by atoms with Crippen molar-refractivity contribution in [2.75, 3.05) is 24.5 Å². The summed E-state index contributed by atoms with van der Waals surface area (Å²) < 4.78 is 0. The molecule has 0 saturated carbocycles. The van der Waals surface area contributed by atoms with Crippen LogP contribution < -0.4 is 4.90 Å². The molecule has 2 heterocycles. The van der Waals surface area contributed by atoms with E-state index in [2.05, 4.69) is 53.2 Å². The molecule has 4 aromatic rings. The monoisotopic (exact) mass is 422 g/mol. The molecule has 1 aliphatic heterocycles. The summed E-state index contributed by atoms with van der Waals surface area (Å²) in [7, 11) is 0. The minimum absolute atomic E-state index is 0.0746. The smallest absolute Gasteiger partial charge is 0.254 e. The SMILES string of the molecule is CC1(C)CN(c2nnc(-c3ccccc3)c3ccccc23)CCN1C(=O)c1ccccc1. The van der Waals surface area contributed by atoms with Gasteiger partial charge in [0.1, 0.15) is 5.69 Å². The number of carbonyl (C=O) groups is 1. The molecule has 3 aromatic carbocycles. The Morgan fingerprint density at radius 1 is 0.781 bits per heavy atom. The lowest BCUT2D eigenvalue weighted by atomic mass is 9.96. The average Bonchev–Trinajstić information content (AvgIpc) is 2.83. The molecule has 32 heavy (non-hydrogen) atoms. The summed E-state index contributed by atoms with van der Waals surface area (Å²) in [6.45, 7) is 6.28. The van der Waals surface area contributed by atoms with E-state index in [0.717, 1.165) is 33.4 Å². The summed E-state index contributed by atoms with van der Waals surface area (Å²) in [5, 5.41) is 11.5. The minimum atomic E-state index is -0.341. The molecule has 1 aromatic heterocycles. The van der Waals surface area contributed by atoms with Crippen LogP contribution in [0.4, 0.5) is 5.82 Å². The van der Waals surface area contributed by atoms with E-state index in [4.69, 9.17) is 0 Å². The Balaban J connectivity index is 1.48. The molecule has 1 amide bonds. The van der Waals surface area contributed by atoms with Gasteiger partial charge < -0.3 is 9.80 Å². The normalized spacial score (nSPS) is 15.7. The quantitative estimate of drug-likeness (QED) is 0.464. The Morgan fingerprint density at radius 3 is 2.09 bits per heavy atom. The second-order valence-electron chi connectivity index (χ2n) is 8.84. The van der Waals surface area contributed by atoms with Crippen LogP contribution in [-0.4, -0.2) is 46.2 Å². The van der Waals surface area contributed by atoms with Crippen molar-refractivity contribution in [3.63, 3.8) is 0 Å². The van der Waals surface area contributed by atoms with Crippen LogP contribution in [0, 0.1) is 0 Å². The highest BCUT2D eigenvalue weighted by molar-refractivity contribution is 6.00. The standard InChI is InChI=1S/C27H26N4O/c1-27(2)19-30(17-18-31(27)26(32)21-13-7-4-8-14-21)25-23-16-10-9-15-22(23)24(28-29-25)20-11-5-3-6-12-20/h3-16H,17-19H2,1-2H3. The second kappa shape index (κ2) is 8.08. The lowest BCUT2D eigenvalue weighted by molar-refractivity contribution is 0.0514. The zero-order valence-electron chi connectivity index (χ0n) is 18.4. The van der Waals surface area contributed by atoms with Gasteiger partial charge in [0.25, 0.3) is 5.91 Å². The van der Waals surface area contributed by atoms with Crippen LogP contribution in [0.15, 0.2) is 84.9 Å². The molecular formula is C27H26N4O. The summed E-state index contributed by atoms with van der Waals surface area (Å²) >= 11 is 0. The van der Waals surface area contributed by atoms with Gasteiger partial charge in [-0.25, -0.2) is 0 Å². The van der Waals surface area contributed by atoms with Crippen molar-refractivity contribution in [3.05, 3.63) is 90.5 Å². The van der Waals surface area contributed by atoms with Crippen molar-refractivity contribution >= 4 is 22.5 Å². The van der Waals surface area contributed by atoms with E-state index >= 15 is 0 Å². The molecule has 5 rings (SSSR count). The molecule has 0 radical (unpaired) electrons. The molecule has 160 valence electrons. The van der Waals surface area contributed by atoms with E-state index in [0.29, 0.717) is 19.6 Å². The molecule has 0 unspecified atom stereocenters. The minimum Gasteiger partial charge on any atom is -0.351 e. The highest BCUT2D eigenvalue weighted by atomic mass is 16.2. The van der Waals surface area contributed by atoms with Crippen LogP contribution in [0.3, 0.4) is 0 Å². The third-order valence-electron chi connectivity index (χ3n) is 6.18. The Hall–Kier alpha value is -3.73. The van der Waals surface area contributed by atoms with Crippen LogP contribution >= 0.6 is 0 Å². The fourth-order valence-corrected chi connectivity index (χ4v) is 4.58. The predicted octanol–water partition coefficient (Wildman–Crippen LogP) is 5.04. The highest BCUT2D eigenvalue weighted by Crippen LogP contribution is 2.34. The summed E-state index contributed by atoms with van der Waals surface area (Å²) in [6, 6.07) is 28.0. The molecule has 5 heteroatoms. The Bertz CT molecular complexity index is 1250. The van der Waals surface area contributed by atoms with E-state index < -0.39 is 0 Å². The van der Waals surface area contributed by atoms with Crippen LogP contribution in [0.25, 0.3) is 22.0 Å². The number of hydrogen-bond donors (Lipinski definition) is 0. The first-order valence-electron chi connectivity index (χ1n) is 11.0. The zero-order chi connectivity index (χ0) is 22.1. The molecular weight excluding hydrogens is 396 g/mol. The lowest BCUT2D eigenvalue weighted by Gasteiger charge is -2.47. The number of aromatic nitrogens is 2. The lowest BCUT2D eigenvalue weighted by Crippen LogP contribution is -2.61. The first-order chi connectivity index (χ1) is 15.5. The van der Waals surface area contributed by atoms with Crippen LogP contribution in [-0.2, 0) is 0 Å². The maximum Gasteiger partial charge on any atom is 0.254 e. The first-order valence-corrected chi connectivity index (χ1v) is 11.0. The molecule has 1 fully saturated rings. The van der Waals surface area contributed by atoms with Gasteiger partial charge in [0.15, 0.2) is 5.82 Å². The number of hydrogen-bond acceptors (Lipinski definition) is 4. The number of nitrogens with zero attached hydrogens (tertiary/aromatic N) is 4. The Kier molecular flexibility index (Phi) is 5.10.